The van der Waals surface area contributed by atoms with E-state index in [1.54, 1.807) is 24.3 Å². The Labute approximate surface area is 88.6 Å². The van der Waals surface area contributed by atoms with Gasteiger partial charge in [0.15, 0.2) is 0 Å². The van der Waals surface area contributed by atoms with Crippen LogP contribution in [0, 0.1) is 0 Å². The van der Waals surface area contributed by atoms with E-state index in [0.29, 0.717) is 0 Å². The molecule has 0 aliphatic heterocycles. The normalized spacial score (nSPS) is 15.0. The Morgan fingerprint density at radius 3 is 2.33 bits per heavy atom. The van der Waals surface area contributed by atoms with Gasteiger partial charge in [0.25, 0.3) is 10.1 Å². The van der Waals surface area contributed by atoms with E-state index < -0.39 is 15.6 Å². The molecule has 1 aromatic rings. The van der Waals surface area contributed by atoms with E-state index in [-0.39, 0.29) is 5.57 Å². The third-order valence-corrected chi connectivity index (χ3v) is 2.80. The molecule has 1 atom stereocenters. The fourth-order valence-corrected chi connectivity index (χ4v) is 1.66. The van der Waals surface area contributed by atoms with Crippen molar-refractivity contribution in [1.29, 1.82) is 0 Å². The summed E-state index contributed by atoms with van der Waals surface area (Å²) in [5, 5.41) is 9.21. The zero-order chi connectivity index (χ0) is 11.5. The minimum absolute atomic E-state index is 0.170. The zero-order valence-corrected chi connectivity index (χ0v) is 8.98. The molecule has 0 amide bonds. The van der Waals surface area contributed by atoms with Gasteiger partial charge in [0.2, 0.25) is 5.44 Å². The first-order chi connectivity index (χ1) is 6.91. The van der Waals surface area contributed by atoms with Crippen LogP contribution in [-0.2, 0) is 10.1 Å². The molecule has 0 spiro atoms. The molecule has 0 saturated heterocycles. The van der Waals surface area contributed by atoms with Crippen LogP contribution in [0.2, 0.25) is 0 Å². The molecule has 1 aromatic carbocycles. The van der Waals surface area contributed by atoms with Gasteiger partial charge in [-0.05, 0) is 18.1 Å². The predicted molar refractivity (Wildman–Crippen MR) is 57.6 cm³/mol. The predicted octanol–water partition coefficient (Wildman–Crippen LogP) is 1.30. The smallest absolute Gasteiger partial charge is 0.296 e. The molecule has 82 valence electrons. The third-order valence-electron chi connectivity index (χ3n) is 1.87. The van der Waals surface area contributed by atoms with Crippen molar-refractivity contribution in [3.8, 4) is 0 Å². The molecule has 0 aliphatic rings. The molecule has 0 unspecified atom stereocenters. The number of hydrogen-bond donors (Lipinski definition) is 2. The van der Waals surface area contributed by atoms with Gasteiger partial charge in [-0.3, -0.25) is 4.55 Å². The topological polar surface area (TPSA) is 74.6 Å². The molecule has 0 aliphatic carbocycles. The van der Waals surface area contributed by atoms with Crippen molar-refractivity contribution < 1.29 is 18.1 Å². The molecule has 15 heavy (non-hydrogen) atoms. The summed E-state index contributed by atoms with van der Waals surface area (Å²) in [6, 6.07) is 8.93. The number of benzene rings is 1. The van der Waals surface area contributed by atoms with Crippen LogP contribution in [0.25, 0.3) is 6.08 Å². The van der Waals surface area contributed by atoms with E-state index >= 15 is 0 Å². The highest BCUT2D eigenvalue weighted by atomic mass is 32.2. The summed E-state index contributed by atoms with van der Waals surface area (Å²) < 4.78 is 29.9. The van der Waals surface area contributed by atoms with Gasteiger partial charge < -0.3 is 5.11 Å². The molecule has 5 heteroatoms. The third kappa shape index (κ3) is 3.47. The SMILES string of the molecule is C/C(=C/c1ccccc1)[C@@H](O)S(=O)(=O)O. The standard InChI is InChI=1S/C10H12O4S/c1-8(10(11)15(12,13)14)7-9-5-3-2-4-6-9/h2-7,10-11H,1H3,(H,12,13,14)/b8-7-/t10-/m0/s1. The molecule has 0 fully saturated rings. The van der Waals surface area contributed by atoms with E-state index in [1.165, 1.54) is 13.0 Å². The molecule has 4 nitrogen and oxygen atoms in total. The average molecular weight is 228 g/mol. The summed E-state index contributed by atoms with van der Waals surface area (Å²) >= 11 is 0. The lowest BCUT2D eigenvalue weighted by Crippen LogP contribution is -2.20. The minimum Gasteiger partial charge on any atom is -0.372 e. The molecule has 0 aromatic heterocycles. The second-order valence-corrected chi connectivity index (χ2v) is 4.64. The monoisotopic (exact) mass is 228 g/mol. The number of hydrogen-bond acceptors (Lipinski definition) is 3. The van der Waals surface area contributed by atoms with Gasteiger partial charge in [0, 0.05) is 0 Å². The Kier molecular flexibility index (Phi) is 3.62. The van der Waals surface area contributed by atoms with E-state index in [0.717, 1.165) is 5.56 Å². The van der Waals surface area contributed by atoms with Gasteiger partial charge in [0.1, 0.15) is 0 Å². The summed E-state index contributed by atoms with van der Waals surface area (Å²) in [7, 11) is -4.43. The lowest BCUT2D eigenvalue weighted by Gasteiger charge is -2.07. The van der Waals surface area contributed by atoms with Gasteiger partial charge in [-0.1, -0.05) is 36.4 Å². The van der Waals surface area contributed by atoms with Crippen molar-refractivity contribution >= 4 is 16.2 Å². The largest absolute Gasteiger partial charge is 0.372 e. The molecule has 0 heterocycles. The van der Waals surface area contributed by atoms with Gasteiger partial charge >= 0.3 is 0 Å². The Bertz CT molecular complexity index is 448. The zero-order valence-electron chi connectivity index (χ0n) is 8.16. The van der Waals surface area contributed by atoms with Crippen molar-refractivity contribution in [2.24, 2.45) is 0 Å². The van der Waals surface area contributed by atoms with Crippen molar-refractivity contribution in [1.82, 2.24) is 0 Å². The number of aliphatic hydroxyl groups is 1. The van der Waals surface area contributed by atoms with Crippen LogP contribution in [0.15, 0.2) is 35.9 Å². The Balaban J connectivity index is 2.95. The van der Waals surface area contributed by atoms with Crippen LogP contribution < -0.4 is 0 Å². The lowest BCUT2D eigenvalue weighted by molar-refractivity contribution is 0.266. The fraction of sp³-hybridized carbons (Fsp3) is 0.200. The van der Waals surface area contributed by atoms with Crippen LogP contribution >= 0.6 is 0 Å². The Morgan fingerprint density at radius 2 is 1.87 bits per heavy atom. The molecule has 0 saturated carbocycles. The summed E-state index contributed by atoms with van der Waals surface area (Å²) in [6.07, 6.45) is 1.50. The van der Waals surface area contributed by atoms with E-state index in [4.69, 9.17) is 4.55 Å². The van der Waals surface area contributed by atoms with Crippen LogP contribution in [0.3, 0.4) is 0 Å². The Morgan fingerprint density at radius 1 is 1.33 bits per heavy atom. The average Bonchev–Trinajstić information content (AvgIpc) is 2.16. The summed E-state index contributed by atoms with van der Waals surface area (Å²) in [5.74, 6) is 0. The van der Waals surface area contributed by atoms with Crippen molar-refractivity contribution in [3.63, 3.8) is 0 Å². The maximum absolute atomic E-state index is 10.6. The lowest BCUT2D eigenvalue weighted by atomic mass is 10.1. The fourth-order valence-electron chi connectivity index (χ4n) is 1.12. The van der Waals surface area contributed by atoms with Crippen LogP contribution in [-0.4, -0.2) is 23.5 Å². The van der Waals surface area contributed by atoms with Crippen LogP contribution in [0.5, 0.6) is 0 Å². The maximum Gasteiger partial charge on any atom is 0.296 e. The summed E-state index contributed by atoms with van der Waals surface area (Å²) in [4.78, 5) is 0. The highest BCUT2D eigenvalue weighted by molar-refractivity contribution is 7.86. The van der Waals surface area contributed by atoms with Gasteiger partial charge in [0.05, 0.1) is 0 Å². The quantitative estimate of drug-likeness (QED) is 0.764. The number of aliphatic hydroxyl groups excluding tert-OH is 1. The first-order valence-corrected chi connectivity index (χ1v) is 5.79. The van der Waals surface area contributed by atoms with Gasteiger partial charge in [-0.25, -0.2) is 0 Å². The second-order valence-electron chi connectivity index (χ2n) is 3.17. The first kappa shape index (κ1) is 11.9. The van der Waals surface area contributed by atoms with Crippen molar-refractivity contribution in [2.45, 2.75) is 12.4 Å². The Hall–Kier alpha value is -1.17. The number of rotatable bonds is 3. The van der Waals surface area contributed by atoms with Crippen LogP contribution in [0.1, 0.15) is 12.5 Å². The minimum atomic E-state index is -4.43. The summed E-state index contributed by atoms with van der Waals surface area (Å²) in [5.41, 5.74) is -0.931. The van der Waals surface area contributed by atoms with E-state index in [2.05, 4.69) is 0 Å². The molecular weight excluding hydrogens is 216 g/mol. The summed E-state index contributed by atoms with van der Waals surface area (Å²) in [6.45, 7) is 1.44. The maximum atomic E-state index is 10.6. The second kappa shape index (κ2) is 4.57. The molecule has 0 bridgehead atoms. The highest BCUT2D eigenvalue weighted by Gasteiger charge is 2.20. The van der Waals surface area contributed by atoms with E-state index in [1.807, 2.05) is 6.07 Å². The van der Waals surface area contributed by atoms with Gasteiger partial charge in [-0.15, -0.1) is 0 Å². The first-order valence-electron chi connectivity index (χ1n) is 4.29. The van der Waals surface area contributed by atoms with Crippen molar-refractivity contribution in [3.05, 3.63) is 41.5 Å². The molecular formula is C10H12O4S. The van der Waals surface area contributed by atoms with Crippen LogP contribution in [0.4, 0.5) is 0 Å². The molecule has 0 radical (unpaired) electrons. The van der Waals surface area contributed by atoms with Gasteiger partial charge in [-0.2, -0.15) is 8.42 Å². The van der Waals surface area contributed by atoms with E-state index in [9.17, 15) is 13.5 Å². The molecule has 2 N–H and O–H groups in total. The highest BCUT2D eigenvalue weighted by Crippen LogP contribution is 2.12. The van der Waals surface area contributed by atoms with Crippen molar-refractivity contribution in [2.75, 3.05) is 0 Å². The molecule has 1 rings (SSSR count).